The summed E-state index contributed by atoms with van der Waals surface area (Å²) in [5.74, 6) is -0.613. The summed E-state index contributed by atoms with van der Waals surface area (Å²) in [5.41, 5.74) is 2.67. The first kappa shape index (κ1) is 32.9. The summed E-state index contributed by atoms with van der Waals surface area (Å²) in [6, 6.07) is 12.0. The van der Waals surface area contributed by atoms with Gasteiger partial charge in [0.2, 0.25) is 17.7 Å². The molecule has 232 valence electrons. The number of carbonyl (C=O) groups excluding carboxylic acids is 5. The molecular weight excluding hydrogens is 554 g/mol. The van der Waals surface area contributed by atoms with Crippen molar-refractivity contribution in [2.45, 2.75) is 39.5 Å². The van der Waals surface area contributed by atoms with Gasteiger partial charge in [0.05, 0.1) is 38.8 Å². The Bertz CT molecular complexity index is 1320. The third kappa shape index (κ3) is 10.0. The molecule has 0 aliphatic carbocycles. The number of carbonyl (C=O) groups is 5. The van der Waals surface area contributed by atoms with Crippen LogP contribution in [0.4, 0.5) is 16.2 Å². The predicted molar refractivity (Wildman–Crippen MR) is 162 cm³/mol. The van der Waals surface area contributed by atoms with Crippen molar-refractivity contribution in [3.05, 3.63) is 53.6 Å². The van der Waals surface area contributed by atoms with E-state index in [0.717, 1.165) is 12.0 Å². The molecule has 5 amide bonds. The molecule has 0 saturated carbocycles. The Hall–Kier alpha value is -4.61. The highest BCUT2D eigenvalue weighted by molar-refractivity contribution is 6.01. The number of methoxy groups -OCH3 is 1. The third-order valence-electron chi connectivity index (χ3n) is 7.12. The van der Waals surface area contributed by atoms with Gasteiger partial charge in [-0.1, -0.05) is 24.3 Å². The van der Waals surface area contributed by atoms with E-state index in [4.69, 9.17) is 9.47 Å². The second-order valence-corrected chi connectivity index (χ2v) is 10.3. The van der Waals surface area contributed by atoms with Crippen LogP contribution in [0, 0.1) is 6.92 Å². The summed E-state index contributed by atoms with van der Waals surface area (Å²) >= 11 is 0. The maximum absolute atomic E-state index is 13.2. The molecule has 0 unspecified atom stereocenters. The molecule has 0 radical (unpaired) electrons. The van der Waals surface area contributed by atoms with Crippen LogP contribution >= 0.6 is 0 Å². The second-order valence-electron chi connectivity index (χ2n) is 10.3. The smallest absolute Gasteiger partial charge is 0.323 e. The number of para-hydroxylation sites is 1. The lowest BCUT2D eigenvalue weighted by Crippen LogP contribution is -2.45. The van der Waals surface area contributed by atoms with Gasteiger partial charge in [0.25, 0.3) is 0 Å². The summed E-state index contributed by atoms with van der Waals surface area (Å²) in [6.07, 6.45) is 1.31. The number of urea groups is 1. The van der Waals surface area contributed by atoms with Crippen molar-refractivity contribution in [2.24, 2.45) is 0 Å². The molecule has 0 bridgehead atoms. The Labute approximate surface area is 252 Å². The molecule has 12 heteroatoms. The number of aryl methyl sites for hydroxylation is 1. The molecule has 0 spiro atoms. The number of anilines is 2. The van der Waals surface area contributed by atoms with Gasteiger partial charge in [-0.25, -0.2) is 4.79 Å². The van der Waals surface area contributed by atoms with E-state index in [1.54, 1.807) is 36.1 Å². The summed E-state index contributed by atoms with van der Waals surface area (Å²) in [5, 5.41) is 5.56. The monoisotopic (exact) mass is 595 g/mol. The Morgan fingerprint density at radius 3 is 2.42 bits per heavy atom. The number of likely N-dealkylation sites (tertiary alicyclic amines) is 1. The van der Waals surface area contributed by atoms with Crippen LogP contribution in [0.25, 0.3) is 0 Å². The van der Waals surface area contributed by atoms with E-state index < -0.39 is 12.0 Å². The number of hydrogen-bond donors (Lipinski definition) is 2. The number of amides is 5. The lowest BCUT2D eigenvalue weighted by atomic mass is 10.1. The molecule has 2 N–H and O–H groups in total. The Balaban J connectivity index is 1.58. The van der Waals surface area contributed by atoms with Gasteiger partial charge >= 0.3 is 12.0 Å². The van der Waals surface area contributed by atoms with Crippen LogP contribution in [-0.4, -0.2) is 97.9 Å². The number of ether oxygens (including phenoxy) is 2. The van der Waals surface area contributed by atoms with Crippen LogP contribution in [0.1, 0.15) is 37.3 Å². The van der Waals surface area contributed by atoms with E-state index in [1.165, 1.54) is 24.0 Å². The zero-order valence-corrected chi connectivity index (χ0v) is 25.3. The number of likely N-dealkylation sites (N-methyl/N-ethyl adjacent to an activating group) is 1. The molecule has 0 atom stereocenters. The van der Waals surface area contributed by atoms with E-state index in [-0.39, 0.29) is 56.8 Å². The van der Waals surface area contributed by atoms with Crippen molar-refractivity contribution < 1.29 is 33.4 Å². The molecule has 1 heterocycles. The molecule has 1 aliphatic heterocycles. The largest absolute Gasteiger partial charge is 0.495 e. The Morgan fingerprint density at radius 2 is 1.74 bits per heavy atom. The number of nitrogens with zero attached hydrogens (tertiary/aromatic N) is 3. The third-order valence-corrected chi connectivity index (χ3v) is 7.12. The second kappa shape index (κ2) is 16.1. The molecule has 1 saturated heterocycles. The number of nitrogens with one attached hydrogen (secondary N) is 2. The van der Waals surface area contributed by atoms with Crippen LogP contribution in [0.2, 0.25) is 0 Å². The normalized spacial score (nSPS) is 12.5. The van der Waals surface area contributed by atoms with Crippen molar-refractivity contribution in [2.75, 3.05) is 64.1 Å². The van der Waals surface area contributed by atoms with Gasteiger partial charge in [-0.3, -0.25) is 19.2 Å². The summed E-state index contributed by atoms with van der Waals surface area (Å²) < 4.78 is 10.4. The maximum atomic E-state index is 13.2. The van der Waals surface area contributed by atoms with E-state index in [1.807, 2.05) is 25.1 Å². The van der Waals surface area contributed by atoms with Gasteiger partial charge in [-0.05, 0) is 49.6 Å². The van der Waals surface area contributed by atoms with Gasteiger partial charge in [-0.2, -0.15) is 0 Å². The van der Waals surface area contributed by atoms with Crippen LogP contribution in [0.15, 0.2) is 42.5 Å². The van der Waals surface area contributed by atoms with E-state index in [9.17, 15) is 24.0 Å². The summed E-state index contributed by atoms with van der Waals surface area (Å²) in [6.45, 7) is 5.06. The molecule has 0 aromatic heterocycles. The average Bonchev–Trinajstić information content (AvgIpc) is 3.39. The van der Waals surface area contributed by atoms with Gasteiger partial charge in [0, 0.05) is 45.3 Å². The van der Waals surface area contributed by atoms with E-state index in [2.05, 4.69) is 10.6 Å². The van der Waals surface area contributed by atoms with Crippen molar-refractivity contribution in [1.29, 1.82) is 0 Å². The first-order chi connectivity index (χ1) is 20.6. The quantitative estimate of drug-likeness (QED) is 0.320. The number of esters is 1. The molecule has 1 aliphatic rings. The van der Waals surface area contributed by atoms with Gasteiger partial charge in [-0.15, -0.1) is 0 Å². The lowest BCUT2D eigenvalue weighted by Gasteiger charge is -2.27. The number of rotatable bonds is 14. The Kier molecular flexibility index (Phi) is 12.3. The standard InChI is InChI=1S/C31H41N5O7/c1-5-43-30(40)14-16-36(18-17-35-15-8-11-27(35)37)29(39)21-34(3)28(38)20-23-12-13-25(26(19-23)42-4)33-31(41)32-24-10-7-6-9-22(24)2/h6-7,9-10,12-13,19H,5,8,11,14-18,20-21H2,1-4H3,(H2,32,33,41). The summed E-state index contributed by atoms with van der Waals surface area (Å²) in [4.78, 5) is 67.2. The first-order valence-corrected chi connectivity index (χ1v) is 14.4. The highest BCUT2D eigenvalue weighted by Gasteiger charge is 2.24. The first-order valence-electron chi connectivity index (χ1n) is 14.4. The summed E-state index contributed by atoms with van der Waals surface area (Å²) in [7, 11) is 3.01. The Morgan fingerprint density at radius 1 is 1.00 bits per heavy atom. The minimum atomic E-state index is -0.434. The fourth-order valence-electron chi connectivity index (χ4n) is 4.64. The topological polar surface area (TPSA) is 138 Å². The minimum Gasteiger partial charge on any atom is -0.495 e. The fraction of sp³-hybridized carbons (Fsp3) is 0.452. The zero-order chi connectivity index (χ0) is 31.4. The zero-order valence-electron chi connectivity index (χ0n) is 25.3. The molecule has 1 fully saturated rings. The SMILES string of the molecule is CCOC(=O)CCN(CCN1CCCC1=O)C(=O)CN(C)C(=O)Cc1ccc(NC(=O)Nc2ccccc2C)c(OC)c1. The van der Waals surface area contributed by atoms with Gasteiger partial charge in [0.15, 0.2) is 0 Å². The molecular formula is C31H41N5O7. The predicted octanol–water partition coefficient (Wildman–Crippen LogP) is 3.05. The fourth-order valence-corrected chi connectivity index (χ4v) is 4.64. The van der Waals surface area contributed by atoms with Crippen LogP contribution in [0.5, 0.6) is 5.75 Å². The van der Waals surface area contributed by atoms with Crippen molar-refractivity contribution in [3.8, 4) is 5.75 Å². The minimum absolute atomic E-state index is 0.000925. The average molecular weight is 596 g/mol. The van der Waals surface area contributed by atoms with Gasteiger partial charge in [0.1, 0.15) is 5.75 Å². The van der Waals surface area contributed by atoms with Crippen molar-refractivity contribution in [1.82, 2.24) is 14.7 Å². The van der Waals surface area contributed by atoms with Crippen LogP contribution in [-0.2, 0) is 30.3 Å². The van der Waals surface area contributed by atoms with Crippen LogP contribution < -0.4 is 15.4 Å². The van der Waals surface area contributed by atoms with E-state index in [0.29, 0.717) is 42.2 Å². The van der Waals surface area contributed by atoms with Crippen molar-refractivity contribution >= 4 is 41.1 Å². The molecule has 43 heavy (non-hydrogen) atoms. The number of benzene rings is 2. The highest BCUT2D eigenvalue weighted by Crippen LogP contribution is 2.26. The maximum Gasteiger partial charge on any atom is 0.323 e. The van der Waals surface area contributed by atoms with E-state index >= 15 is 0 Å². The molecule has 2 aromatic carbocycles. The molecule has 12 nitrogen and oxygen atoms in total. The van der Waals surface area contributed by atoms with Crippen LogP contribution in [0.3, 0.4) is 0 Å². The highest BCUT2D eigenvalue weighted by atomic mass is 16.5. The van der Waals surface area contributed by atoms with Crippen molar-refractivity contribution in [3.63, 3.8) is 0 Å². The molecule has 2 aromatic rings. The van der Waals surface area contributed by atoms with Gasteiger partial charge < -0.3 is 34.8 Å². The molecule has 3 rings (SSSR count). The lowest BCUT2D eigenvalue weighted by molar-refractivity contribution is -0.145. The number of hydrogen-bond acceptors (Lipinski definition) is 7.